The van der Waals surface area contributed by atoms with Gasteiger partial charge < -0.3 is 5.11 Å². The summed E-state index contributed by atoms with van der Waals surface area (Å²) in [5, 5.41) is 9.55. The molecule has 37 heavy (non-hydrogen) atoms. The lowest BCUT2D eigenvalue weighted by atomic mass is 9.70. The first-order valence-electron chi connectivity index (χ1n) is 12.5. The maximum absolute atomic E-state index is 13.2. The summed E-state index contributed by atoms with van der Waals surface area (Å²) in [5.41, 5.74) is -0.138. The van der Waals surface area contributed by atoms with E-state index in [1.807, 2.05) is 0 Å². The summed E-state index contributed by atoms with van der Waals surface area (Å²) in [6.07, 6.45) is -6.05. The van der Waals surface area contributed by atoms with Gasteiger partial charge in [-0.15, -0.1) is 0 Å². The van der Waals surface area contributed by atoms with Gasteiger partial charge in [0.25, 0.3) is 0 Å². The molecule has 0 aliphatic heterocycles. The summed E-state index contributed by atoms with van der Waals surface area (Å²) in [5.74, 6) is -1.17. The smallest absolute Gasteiger partial charge is 0.416 e. The molecule has 204 valence electrons. The van der Waals surface area contributed by atoms with Crippen LogP contribution in [0.4, 0.5) is 26.3 Å². The lowest BCUT2D eigenvalue weighted by Crippen LogP contribution is -2.45. The van der Waals surface area contributed by atoms with Crippen molar-refractivity contribution in [3.63, 3.8) is 0 Å². The third-order valence-corrected chi connectivity index (χ3v) is 7.19. The van der Waals surface area contributed by atoms with Crippen LogP contribution >= 0.6 is 0 Å². The zero-order valence-electron chi connectivity index (χ0n) is 20.9. The third kappa shape index (κ3) is 7.97. The van der Waals surface area contributed by atoms with Gasteiger partial charge in [-0.25, -0.2) is 0 Å². The molecule has 1 saturated carbocycles. The highest BCUT2D eigenvalue weighted by Gasteiger charge is 2.39. The maximum Gasteiger partial charge on any atom is 0.416 e. The van der Waals surface area contributed by atoms with Crippen molar-refractivity contribution in [3.05, 3.63) is 70.8 Å². The highest BCUT2D eigenvalue weighted by Crippen LogP contribution is 2.43. The number of halogens is 6. The molecule has 0 bridgehead atoms. The number of carbonyl (C=O) groups is 1. The average Bonchev–Trinajstić information content (AvgIpc) is 2.80. The number of nitrogens with zero attached hydrogens (tertiary/aromatic N) is 1. The van der Waals surface area contributed by atoms with Gasteiger partial charge in [0.15, 0.2) is 0 Å². The molecular formula is C28H33F6NO2. The Bertz CT molecular complexity index is 1010. The van der Waals surface area contributed by atoms with E-state index in [9.17, 15) is 36.2 Å². The van der Waals surface area contributed by atoms with Gasteiger partial charge in [0.1, 0.15) is 0 Å². The third-order valence-electron chi connectivity index (χ3n) is 7.19. The van der Waals surface area contributed by atoms with Crippen molar-refractivity contribution in [3.8, 4) is 0 Å². The van der Waals surface area contributed by atoms with E-state index in [-0.39, 0.29) is 24.3 Å². The van der Waals surface area contributed by atoms with Crippen LogP contribution in [-0.2, 0) is 23.7 Å². The van der Waals surface area contributed by atoms with Crippen molar-refractivity contribution in [2.45, 2.75) is 76.8 Å². The highest BCUT2D eigenvalue weighted by atomic mass is 19.4. The van der Waals surface area contributed by atoms with E-state index in [2.05, 4.69) is 18.7 Å². The summed E-state index contributed by atoms with van der Waals surface area (Å²) >= 11 is 0. The van der Waals surface area contributed by atoms with E-state index in [1.54, 1.807) is 0 Å². The Kier molecular flexibility index (Phi) is 9.32. The zero-order valence-corrected chi connectivity index (χ0v) is 20.9. The van der Waals surface area contributed by atoms with Crippen molar-refractivity contribution < 1.29 is 36.2 Å². The largest absolute Gasteiger partial charge is 0.481 e. The summed E-state index contributed by atoms with van der Waals surface area (Å²) < 4.78 is 78.7. The lowest BCUT2D eigenvalue weighted by Gasteiger charge is -2.44. The van der Waals surface area contributed by atoms with Crippen molar-refractivity contribution in [2.75, 3.05) is 6.54 Å². The van der Waals surface area contributed by atoms with Crippen molar-refractivity contribution in [2.24, 2.45) is 11.8 Å². The van der Waals surface area contributed by atoms with E-state index >= 15 is 0 Å². The van der Waals surface area contributed by atoms with Crippen LogP contribution < -0.4 is 0 Å². The van der Waals surface area contributed by atoms with Crippen LogP contribution in [0, 0.1) is 11.8 Å². The van der Waals surface area contributed by atoms with Gasteiger partial charge in [-0.05, 0) is 73.0 Å². The molecule has 2 aromatic carbocycles. The number of benzene rings is 2. The fourth-order valence-electron chi connectivity index (χ4n) is 5.33. The molecule has 0 amide bonds. The second kappa shape index (κ2) is 11.9. The average molecular weight is 530 g/mol. The van der Waals surface area contributed by atoms with E-state index in [4.69, 9.17) is 0 Å². The van der Waals surface area contributed by atoms with E-state index < -0.39 is 29.4 Å². The number of aliphatic carboxylic acids is 1. The predicted molar refractivity (Wildman–Crippen MR) is 129 cm³/mol. The van der Waals surface area contributed by atoms with Gasteiger partial charge in [-0.3, -0.25) is 9.69 Å². The van der Waals surface area contributed by atoms with Crippen LogP contribution in [0.3, 0.4) is 0 Å². The van der Waals surface area contributed by atoms with Crippen LogP contribution in [0.1, 0.15) is 74.1 Å². The number of hydrogen-bond acceptors (Lipinski definition) is 2. The Labute approximate surface area is 213 Å². The predicted octanol–water partition coefficient (Wildman–Crippen LogP) is 8.00. The van der Waals surface area contributed by atoms with Gasteiger partial charge in [0.2, 0.25) is 0 Å². The quantitative estimate of drug-likeness (QED) is 0.335. The molecule has 1 fully saturated rings. The molecule has 3 rings (SSSR count). The first-order chi connectivity index (χ1) is 17.3. The minimum Gasteiger partial charge on any atom is -0.481 e. The van der Waals surface area contributed by atoms with Gasteiger partial charge in [-0.1, -0.05) is 44.5 Å². The zero-order chi connectivity index (χ0) is 27.4. The summed E-state index contributed by atoms with van der Waals surface area (Å²) in [6.45, 7) is 5.14. The molecule has 1 N–H and O–H groups in total. The van der Waals surface area contributed by atoms with E-state index in [0.717, 1.165) is 43.5 Å². The molecular weight excluding hydrogens is 496 g/mol. The molecule has 0 spiro atoms. The molecule has 0 heterocycles. The number of carboxylic acid groups (broad SMARTS) is 1. The summed E-state index contributed by atoms with van der Waals surface area (Å²) in [4.78, 5) is 13.9. The molecule has 1 aliphatic rings. The van der Waals surface area contributed by atoms with Crippen LogP contribution in [0.25, 0.3) is 0 Å². The molecule has 0 saturated heterocycles. The standard InChI is InChI=1S/C28H33F6NO2/c1-18(2)14-15-35(17-19-6-10-22(11-7-19)27(29,30)31)24-5-3-4-21(16-25(36)37)26(24)20-8-12-23(13-9-20)28(32,33)34/h6-13,18,21,24,26H,3-5,14-17H2,1-2H3,(H,36,37)/t21-,24+,26-/m1/s1. The van der Waals surface area contributed by atoms with E-state index in [1.165, 1.54) is 24.3 Å². The molecule has 3 atom stereocenters. The Morgan fingerprint density at radius 1 is 0.919 bits per heavy atom. The number of rotatable bonds is 9. The van der Waals surface area contributed by atoms with E-state index in [0.29, 0.717) is 36.6 Å². The fourth-order valence-corrected chi connectivity index (χ4v) is 5.33. The molecule has 9 heteroatoms. The highest BCUT2D eigenvalue weighted by molar-refractivity contribution is 5.67. The number of carboxylic acids is 1. The molecule has 3 nitrogen and oxygen atoms in total. The Hall–Kier alpha value is -2.55. The minimum atomic E-state index is -4.48. The molecule has 0 radical (unpaired) electrons. The monoisotopic (exact) mass is 529 g/mol. The lowest BCUT2D eigenvalue weighted by molar-refractivity contribution is -0.139. The SMILES string of the molecule is CC(C)CCN(Cc1ccc(C(F)(F)F)cc1)[C@H]1CCC[C@H](CC(=O)O)[C@H]1c1ccc(C(F)(F)F)cc1. The normalized spacial score (nSPS) is 21.0. The maximum atomic E-state index is 13.2. The van der Waals surface area contributed by atoms with Crippen LogP contribution in [0.2, 0.25) is 0 Å². The first-order valence-corrected chi connectivity index (χ1v) is 12.5. The van der Waals surface area contributed by atoms with Crippen molar-refractivity contribution in [1.29, 1.82) is 0 Å². The van der Waals surface area contributed by atoms with Gasteiger partial charge in [0, 0.05) is 24.9 Å². The van der Waals surface area contributed by atoms with Crippen molar-refractivity contribution >= 4 is 5.97 Å². The Morgan fingerprint density at radius 3 is 1.95 bits per heavy atom. The van der Waals surface area contributed by atoms with Gasteiger partial charge in [-0.2, -0.15) is 26.3 Å². The Morgan fingerprint density at radius 2 is 1.46 bits per heavy atom. The molecule has 0 unspecified atom stereocenters. The fraction of sp³-hybridized carbons (Fsp3) is 0.536. The van der Waals surface area contributed by atoms with Gasteiger partial charge >= 0.3 is 18.3 Å². The van der Waals surface area contributed by atoms with Crippen LogP contribution in [0.15, 0.2) is 48.5 Å². The van der Waals surface area contributed by atoms with Crippen molar-refractivity contribution in [1.82, 2.24) is 4.90 Å². The second-order valence-electron chi connectivity index (χ2n) is 10.3. The molecule has 1 aliphatic carbocycles. The van der Waals surface area contributed by atoms with Crippen LogP contribution in [-0.4, -0.2) is 28.6 Å². The topological polar surface area (TPSA) is 40.5 Å². The van der Waals surface area contributed by atoms with Gasteiger partial charge in [0.05, 0.1) is 11.1 Å². The summed E-state index contributed by atoms with van der Waals surface area (Å²) in [6, 6.07) is 9.82. The summed E-state index contributed by atoms with van der Waals surface area (Å²) in [7, 11) is 0. The molecule has 2 aromatic rings. The number of alkyl halides is 6. The number of hydrogen-bond donors (Lipinski definition) is 1. The first kappa shape index (κ1) is 29.0. The minimum absolute atomic E-state index is 0.0967. The molecule has 0 aromatic heterocycles. The Balaban J connectivity index is 1.97. The van der Waals surface area contributed by atoms with Crippen LogP contribution in [0.5, 0.6) is 0 Å². The second-order valence-corrected chi connectivity index (χ2v) is 10.3.